The number of H-pyrrole nitrogens is 1. The van der Waals surface area contributed by atoms with Gasteiger partial charge in [0, 0.05) is 11.9 Å². The van der Waals surface area contributed by atoms with E-state index in [4.69, 9.17) is 5.26 Å². The molecule has 0 bridgehead atoms. The van der Waals surface area contributed by atoms with Crippen LogP contribution in [0.5, 0.6) is 0 Å². The molecule has 3 nitrogen and oxygen atoms in total. The second kappa shape index (κ2) is 4.68. The standard InChI is InChI=1S/C10H15N3/c1-8(2)7-13-10(6-11)9-4-3-5-12-9/h3-5,8,10,12-13H,7H2,1-2H3. The van der Waals surface area contributed by atoms with Crippen molar-refractivity contribution in [2.45, 2.75) is 19.9 Å². The molecule has 0 aliphatic carbocycles. The molecule has 1 atom stereocenters. The van der Waals surface area contributed by atoms with Crippen LogP contribution >= 0.6 is 0 Å². The fraction of sp³-hybridized carbons (Fsp3) is 0.500. The molecular formula is C10H15N3. The Morgan fingerprint density at radius 3 is 2.85 bits per heavy atom. The van der Waals surface area contributed by atoms with Crippen LogP contribution in [0, 0.1) is 17.2 Å². The Morgan fingerprint density at radius 1 is 1.62 bits per heavy atom. The highest BCUT2D eigenvalue weighted by Crippen LogP contribution is 2.08. The minimum atomic E-state index is -0.211. The first kappa shape index (κ1) is 9.82. The third-order valence-electron chi connectivity index (χ3n) is 1.79. The molecule has 0 spiro atoms. The van der Waals surface area contributed by atoms with Gasteiger partial charge in [0.1, 0.15) is 6.04 Å². The van der Waals surface area contributed by atoms with Gasteiger partial charge in [-0.1, -0.05) is 13.8 Å². The van der Waals surface area contributed by atoms with E-state index in [0.29, 0.717) is 5.92 Å². The summed E-state index contributed by atoms with van der Waals surface area (Å²) in [5.74, 6) is 0.561. The summed E-state index contributed by atoms with van der Waals surface area (Å²) in [7, 11) is 0. The monoisotopic (exact) mass is 177 g/mol. The van der Waals surface area contributed by atoms with Gasteiger partial charge in [0.05, 0.1) is 6.07 Å². The SMILES string of the molecule is CC(C)CNC(C#N)c1ccc[nH]1. The Labute approximate surface area is 78.8 Å². The van der Waals surface area contributed by atoms with Crippen LogP contribution in [0.25, 0.3) is 0 Å². The first-order valence-electron chi connectivity index (χ1n) is 4.50. The molecule has 1 unspecified atom stereocenters. The second-order valence-electron chi connectivity index (χ2n) is 3.49. The molecule has 0 saturated carbocycles. The van der Waals surface area contributed by atoms with E-state index in [-0.39, 0.29) is 6.04 Å². The van der Waals surface area contributed by atoms with E-state index in [2.05, 4.69) is 30.2 Å². The van der Waals surface area contributed by atoms with Crippen LogP contribution in [0.4, 0.5) is 0 Å². The molecule has 13 heavy (non-hydrogen) atoms. The average Bonchev–Trinajstić information content (AvgIpc) is 2.58. The van der Waals surface area contributed by atoms with Gasteiger partial charge in [-0.2, -0.15) is 5.26 Å². The molecule has 1 aromatic heterocycles. The van der Waals surface area contributed by atoms with Gasteiger partial charge in [-0.3, -0.25) is 5.32 Å². The number of rotatable bonds is 4. The van der Waals surface area contributed by atoms with Gasteiger partial charge >= 0.3 is 0 Å². The largest absolute Gasteiger partial charge is 0.363 e. The molecule has 2 N–H and O–H groups in total. The van der Waals surface area contributed by atoms with Crippen LogP contribution in [0.15, 0.2) is 18.3 Å². The highest BCUT2D eigenvalue weighted by Gasteiger charge is 2.09. The first-order chi connectivity index (χ1) is 6.24. The second-order valence-corrected chi connectivity index (χ2v) is 3.49. The zero-order chi connectivity index (χ0) is 9.68. The third-order valence-corrected chi connectivity index (χ3v) is 1.79. The molecule has 0 aliphatic heterocycles. The van der Waals surface area contributed by atoms with Gasteiger partial charge in [-0.05, 0) is 24.6 Å². The molecule has 0 aliphatic rings. The maximum atomic E-state index is 8.88. The zero-order valence-electron chi connectivity index (χ0n) is 8.04. The Morgan fingerprint density at radius 2 is 2.38 bits per heavy atom. The van der Waals surface area contributed by atoms with Crippen molar-refractivity contribution >= 4 is 0 Å². The summed E-state index contributed by atoms with van der Waals surface area (Å²) >= 11 is 0. The number of hydrogen-bond acceptors (Lipinski definition) is 2. The van der Waals surface area contributed by atoms with E-state index < -0.39 is 0 Å². The Kier molecular flexibility index (Phi) is 3.53. The minimum Gasteiger partial charge on any atom is -0.363 e. The smallest absolute Gasteiger partial charge is 0.136 e. The molecule has 0 radical (unpaired) electrons. The molecule has 1 heterocycles. The molecule has 3 heteroatoms. The van der Waals surface area contributed by atoms with Gasteiger partial charge < -0.3 is 4.98 Å². The van der Waals surface area contributed by atoms with E-state index in [9.17, 15) is 0 Å². The van der Waals surface area contributed by atoms with Crippen molar-refractivity contribution < 1.29 is 0 Å². The van der Waals surface area contributed by atoms with E-state index in [1.165, 1.54) is 0 Å². The third kappa shape index (κ3) is 2.92. The topological polar surface area (TPSA) is 51.6 Å². The molecular weight excluding hydrogens is 162 g/mol. The van der Waals surface area contributed by atoms with Crippen LogP contribution in [-0.2, 0) is 0 Å². The van der Waals surface area contributed by atoms with Crippen molar-refractivity contribution in [3.8, 4) is 6.07 Å². The lowest BCUT2D eigenvalue weighted by atomic mass is 10.2. The van der Waals surface area contributed by atoms with Crippen molar-refractivity contribution in [1.82, 2.24) is 10.3 Å². The summed E-state index contributed by atoms with van der Waals surface area (Å²) in [6.07, 6.45) is 1.83. The minimum absolute atomic E-state index is 0.211. The van der Waals surface area contributed by atoms with E-state index >= 15 is 0 Å². The Balaban J connectivity index is 2.51. The lowest BCUT2D eigenvalue weighted by Crippen LogP contribution is -2.24. The van der Waals surface area contributed by atoms with Crippen molar-refractivity contribution in [3.05, 3.63) is 24.0 Å². The molecule has 1 aromatic rings. The summed E-state index contributed by atoms with van der Waals surface area (Å²) in [5.41, 5.74) is 0.933. The van der Waals surface area contributed by atoms with E-state index in [0.717, 1.165) is 12.2 Å². The van der Waals surface area contributed by atoms with E-state index in [1.807, 2.05) is 18.3 Å². The highest BCUT2D eigenvalue weighted by molar-refractivity contribution is 5.15. The number of nitrogens with one attached hydrogen (secondary N) is 2. The van der Waals surface area contributed by atoms with Gasteiger partial charge in [0.2, 0.25) is 0 Å². The predicted octanol–water partition coefficient (Wildman–Crippen LogP) is 1.82. The van der Waals surface area contributed by atoms with Crippen LogP contribution in [-0.4, -0.2) is 11.5 Å². The molecule has 0 amide bonds. The molecule has 0 fully saturated rings. The number of nitriles is 1. The number of aromatic amines is 1. The molecule has 0 aromatic carbocycles. The summed E-state index contributed by atoms with van der Waals surface area (Å²) in [6, 6.07) is 5.82. The van der Waals surface area contributed by atoms with Crippen molar-refractivity contribution in [1.29, 1.82) is 5.26 Å². The molecule has 1 rings (SSSR count). The molecule has 0 saturated heterocycles. The summed E-state index contributed by atoms with van der Waals surface area (Å²) in [5, 5.41) is 12.1. The van der Waals surface area contributed by atoms with Crippen LogP contribution in [0.1, 0.15) is 25.6 Å². The normalized spacial score (nSPS) is 12.8. The highest BCUT2D eigenvalue weighted by atomic mass is 14.9. The van der Waals surface area contributed by atoms with Crippen molar-refractivity contribution in [2.24, 2.45) is 5.92 Å². The Hall–Kier alpha value is -1.27. The quantitative estimate of drug-likeness (QED) is 0.737. The lowest BCUT2D eigenvalue weighted by Gasteiger charge is -2.11. The number of hydrogen-bond donors (Lipinski definition) is 2. The summed E-state index contributed by atoms with van der Waals surface area (Å²) < 4.78 is 0. The summed E-state index contributed by atoms with van der Waals surface area (Å²) in [6.45, 7) is 5.10. The number of nitrogens with zero attached hydrogens (tertiary/aromatic N) is 1. The van der Waals surface area contributed by atoms with Gasteiger partial charge in [-0.15, -0.1) is 0 Å². The van der Waals surface area contributed by atoms with Gasteiger partial charge in [-0.25, -0.2) is 0 Å². The van der Waals surface area contributed by atoms with Crippen LogP contribution < -0.4 is 5.32 Å². The molecule has 70 valence electrons. The lowest BCUT2D eigenvalue weighted by molar-refractivity contribution is 0.520. The number of aromatic nitrogens is 1. The zero-order valence-corrected chi connectivity index (χ0v) is 8.04. The van der Waals surface area contributed by atoms with Crippen LogP contribution in [0.3, 0.4) is 0 Å². The Bertz CT molecular complexity index is 269. The predicted molar refractivity (Wildman–Crippen MR) is 52.0 cm³/mol. The fourth-order valence-electron chi connectivity index (χ4n) is 1.10. The fourth-order valence-corrected chi connectivity index (χ4v) is 1.10. The van der Waals surface area contributed by atoms with Gasteiger partial charge in [0.25, 0.3) is 0 Å². The maximum Gasteiger partial charge on any atom is 0.136 e. The van der Waals surface area contributed by atoms with Gasteiger partial charge in [0.15, 0.2) is 0 Å². The maximum absolute atomic E-state index is 8.88. The average molecular weight is 177 g/mol. The van der Waals surface area contributed by atoms with Crippen molar-refractivity contribution in [2.75, 3.05) is 6.54 Å². The first-order valence-corrected chi connectivity index (χ1v) is 4.50. The summed E-state index contributed by atoms with van der Waals surface area (Å²) in [4.78, 5) is 3.03. The van der Waals surface area contributed by atoms with Crippen molar-refractivity contribution in [3.63, 3.8) is 0 Å². The van der Waals surface area contributed by atoms with E-state index in [1.54, 1.807) is 0 Å². The van der Waals surface area contributed by atoms with Crippen LogP contribution in [0.2, 0.25) is 0 Å².